The molecule has 86 valence electrons. The summed E-state index contributed by atoms with van der Waals surface area (Å²) < 4.78 is 0. The van der Waals surface area contributed by atoms with Crippen molar-refractivity contribution in [1.29, 1.82) is 0 Å². The molecular weight excluding hydrogens is 198 g/mol. The molecule has 2 aliphatic rings. The molecule has 16 heavy (non-hydrogen) atoms. The van der Waals surface area contributed by atoms with E-state index >= 15 is 0 Å². The third-order valence-electron chi connectivity index (χ3n) is 4.30. The SMILES string of the molecule is OC[C@]12C[C@H]1CCCN2Cc1ccccc1. The molecule has 0 amide bonds. The minimum atomic E-state index is 0.147. The Morgan fingerprint density at radius 1 is 1.31 bits per heavy atom. The Kier molecular flexibility index (Phi) is 2.49. The molecule has 1 aliphatic heterocycles. The molecule has 1 aliphatic carbocycles. The van der Waals surface area contributed by atoms with Gasteiger partial charge in [-0.25, -0.2) is 0 Å². The molecule has 1 saturated heterocycles. The normalized spacial score (nSPS) is 33.4. The van der Waals surface area contributed by atoms with Crippen molar-refractivity contribution in [3.8, 4) is 0 Å². The molecule has 1 saturated carbocycles. The van der Waals surface area contributed by atoms with Gasteiger partial charge in [-0.3, -0.25) is 4.90 Å². The number of nitrogens with zero attached hydrogens (tertiary/aromatic N) is 1. The fourth-order valence-electron chi connectivity index (χ4n) is 3.21. The van der Waals surface area contributed by atoms with Gasteiger partial charge in [0.1, 0.15) is 0 Å². The molecule has 0 unspecified atom stereocenters. The third-order valence-corrected chi connectivity index (χ3v) is 4.30. The fourth-order valence-corrected chi connectivity index (χ4v) is 3.21. The zero-order chi connectivity index (χ0) is 11.0. The monoisotopic (exact) mass is 217 g/mol. The Hall–Kier alpha value is -0.860. The number of benzene rings is 1. The lowest BCUT2D eigenvalue weighted by Crippen LogP contribution is -2.44. The number of likely N-dealkylation sites (tertiary alicyclic amines) is 1. The summed E-state index contributed by atoms with van der Waals surface area (Å²) in [7, 11) is 0. The van der Waals surface area contributed by atoms with Crippen LogP contribution < -0.4 is 0 Å². The van der Waals surface area contributed by atoms with Gasteiger partial charge in [-0.1, -0.05) is 30.3 Å². The van der Waals surface area contributed by atoms with Crippen LogP contribution in [-0.4, -0.2) is 28.7 Å². The predicted octanol–water partition coefficient (Wildman–Crippen LogP) is 2.03. The number of hydrogen-bond donors (Lipinski definition) is 1. The van der Waals surface area contributed by atoms with Crippen LogP contribution in [0.25, 0.3) is 0 Å². The lowest BCUT2D eigenvalue weighted by atomic mass is 10.0. The molecule has 1 N–H and O–H groups in total. The van der Waals surface area contributed by atoms with E-state index in [2.05, 4.69) is 35.2 Å². The van der Waals surface area contributed by atoms with E-state index in [4.69, 9.17) is 0 Å². The molecule has 2 atom stereocenters. The molecule has 2 fully saturated rings. The Bertz CT molecular complexity index is 364. The van der Waals surface area contributed by atoms with Crippen molar-refractivity contribution in [1.82, 2.24) is 4.90 Å². The van der Waals surface area contributed by atoms with Crippen molar-refractivity contribution in [3.05, 3.63) is 35.9 Å². The first-order valence-corrected chi connectivity index (χ1v) is 6.25. The highest BCUT2D eigenvalue weighted by molar-refractivity contribution is 5.19. The second-order valence-corrected chi connectivity index (χ2v) is 5.21. The van der Waals surface area contributed by atoms with Gasteiger partial charge in [0, 0.05) is 12.1 Å². The van der Waals surface area contributed by atoms with Gasteiger partial charge in [-0.15, -0.1) is 0 Å². The molecule has 2 nitrogen and oxygen atoms in total. The summed E-state index contributed by atoms with van der Waals surface area (Å²) >= 11 is 0. The van der Waals surface area contributed by atoms with Crippen LogP contribution >= 0.6 is 0 Å². The lowest BCUT2D eigenvalue weighted by Gasteiger charge is -2.35. The second kappa shape index (κ2) is 3.86. The zero-order valence-electron chi connectivity index (χ0n) is 9.60. The van der Waals surface area contributed by atoms with Crippen LogP contribution in [0.15, 0.2) is 30.3 Å². The standard InChI is InChI=1S/C14H19NO/c16-11-14-9-13(14)7-4-8-15(14)10-12-5-2-1-3-6-12/h1-3,5-6,13,16H,4,7-11H2/t13-,14-/m1/s1. The van der Waals surface area contributed by atoms with Crippen molar-refractivity contribution in [2.45, 2.75) is 31.3 Å². The first-order valence-electron chi connectivity index (χ1n) is 6.25. The van der Waals surface area contributed by atoms with E-state index in [-0.39, 0.29) is 5.54 Å². The van der Waals surface area contributed by atoms with E-state index in [9.17, 15) is 5.11 Å². The molecule has 2 heteroatoms. The van der Waals surface area contributed by atoms with Gasteiger partial charge in [0.25, 0.3) is 0 Å². The molecule has 0 bridgehead atoms. The summed E-state index contributed by atoms with van der Waals surface area (Å²) in [6, 6.07) is 10.6. The van der Waals surface area contributed by atoms with Crippen LogP contribution in [-0.2, 0) is 6.54 Å². The highest BCUT2D eigenvalue weighted by Crippen LogP contribution is 2.54. The number of rotatable bonds is 3. The average Bonchev–Trinajstić information content (AvgIpc) is 3.07. The highest BCUT2D eigenvalue weighted by atomic mass is 16.3. The van der Waals surface area contributed by atoms with E-state index in [0.29, 0.717) is 6.61 Å². The van der Waals surface area contributed by atoms with Gasteiger partial charge in [-0.2, -0.15) is 0 Å². The maximum Gasteiger partial charge on any atom is 0.0618 e. The molecule has 1 heterocycles. The number of hydrogen-bond acceptors (Lipinski definition) is 2. The van der Waals surface area contributed by atoms with Crippen LogP contribution in [0, 0.1) is 5.92 Å². The van der Waals surface area contributed by atoms with Gasteiger partial charge in [0.2, 0.25) is 0 Å². The van der Waals surface area contributed by atoms with E-state index < -0.39 is 0 Å². The minimum Gasteiger partial charge on any atom is -0.394 e. The van der Waals surface area contributed by atoms with E-state index in [0.717, 1.165) is 19.0 Å². The van der Waals surface area contributed by atoms with Crippen LogP contribution in [0.3, 0.4) is 0 Å². The summed E-state index contributed by atoms with van der Waals surface area (Å²) in [4.78, 5) is 2.50. The summed E-state index contributed by atoms with van der Waals surface area (Å²) in [6.07, 6.45) is 3.81. The first kappa shape index (κ1) is 10.3. The second-order valence-electron chi connectivity index (χ2n) is 5.21. The summed E-state index contributed by atoms with van der Waals surface area (Å²) in [5.41, 5.74) is 1.51. The molecule has 0 spiro atoms. The van der Waals surface area contributed by atoms with E-state index in [1.807, 2.05) is 0 Å². The van der Waals surface area contributed by atoms with Crippen LogP contribution in [0.4, 0.5) is 0 Å². The quantitative estimate of drug-likeness (QED) is 0.837. The first-order chi connectivity index (χ1) is 7.85. The van der Waals surface area contributed by atoms with E-state index in [1.54, 1.807) is 0 Å². The average molecular weight is 217 g/mol. The fraction of sp³-hybridized carbons (Fsp3) is 0.571. The van der Waals surface area contributed by atoms with Crippen molar-refractivity contribution in [3.63, 3.8) is 0 Å². The predicted molar refractivity (Wildman–Crippen MR) is 64.0 cm³/mol. The minimum absolute atomic E-state index is 0.147. The van der Waals surface area contributed by atoms with Crippen molar-refractivity contribution < 1.29 is 5.11 Å². The number of fused-ring (bicyclic) bond motifs is 1. The summed E-state index contributed by atoms with van der Waals surface area (Å²) in [6.45, 7) is 2.48. The highest BCUT2D eigenvalue weighted by Gasteiger charge is 2.58. The molecule has 1 aromatic rings. The largest absolute Gasteiger partial charge is 0.394 e. The van der Waals surface area contributed by atoms with Crippen LogP contribution in [0.2, 0.25) is 0 Å². The molecule has 0 radical (unpaired) electrons. The topological polar surface area (TPSA) is 23.5 Å². The van der Waals surface area contributed by atoms with Crippen molar-refractivity contribution >= 4 is 0 Å². The molecule has 0 aromatic heterocycles. The smallest absolute Gasteiger partial charge is 0.0618 e. The Labute approximate surface area is 96.9 Å². The third kappa shape index (κ3) is 1.57. The maximum absolute atomic E-state index is 9.60. The Morgan fingerprint density at radius 3 is 2.88 bits per heavy atom. The zero-order valence-corrected chi connectivity index (χ0v) is 9.60. The van der Waals surface area contributed by atoms with E-state index in [1.165, 1.54) is 24.8 Å². The van der Waals surface area contributed by atoms with Crippen LogP contribution in [0.5, 0.6) is 0 Å². The molecular formula is C14H19NO. The van der Waals surface area contributed by atoms with Gasteiger partial charge in [0.15, 0.2) is 0 Å². The van der Waals surface area contributed by atoms with Crippen LogP contribution in [0.1, 0.15) is 24.8 Å². The Morgan fingerprint density at radius 2 is 2.12 bits per heavy atom. The maximum atomic E-state index is 9.60. The van der Waals surface area contributed by atoms with Crippen molar-refractivity contribution in [2.75, 3.05) is 13.2 Å². The number of piperidine rings is 1. The van der Waals surface area contributed by atoms with Crippen molar-refractivity contribution in [2.24, 2.45) is 5.92 Å². The Balaban J connectivity index is 1.75. The van der Waals surface area contributed by atoms with Gasteiger partial charge in [-0.05, 0) is 37.3 Å². The number of aliphatic hydroxyl groups excluding tert-OH is 1. The molecule has 1 aromatic carbocycles. The molecule has 3 rings (SSSR count). The number of aliphatic hydroxyl groups is 1. The lowest BCUT2D eigenvalue weighted by molar-refractivity contribution is 0.0651. The summed E-state index contributed by atoms with van der Waals surface area (Å²) in [5, 5.41) is 9.60. The van der Waals surface area contributed by atoms with Gasteiger partial charge >= 0.3 is 0 Å². The van der Waals surface area contributed by atoms with Gasteiger partial charge in [0.05, 0.1) is 6.61 Å². The van der Waals surface area contributed by atoms with Gasteiger partial charge < -0.3 is 5.11 Å². The summed E-state index contributed by atoms with van der Waals surface area (Å²) in [5.74, 6) is 0.759.